The van der Waals surface area contributed by atoms with Crippen LogP contribution in [0.15, 0.2) is 59.1 Å². The van der Waals surface area contributed by atoms with Crippen molar-refractivity contribution in [2.24, 2.45) is 5.92 Å². The van der Waals surface area contributed by atoms with E-state index in [-0.39, 0.29) is 0 Å². The number of benzene rings is 2. The van der Waals surface area contributed by atoms with Crippen molar-refractivity contribution in [3.63, 3.8) is 0 Å². The summed E-state index contributed by atoms with van der Waals surface area (Å²) in [6.07, 6.45) is 2.39. The van der Waals surface area contributed by atoms with Gasteiger partial charge in [-0.1, -0.05) is 65.3 Å². The standard InChI is InChI=1S/C22H26N4O/c1-17-7-9-19(10-8-17)16-26-13-11-18(12-14-26)15-23-22-24-21(25-27-22)20-5-3-2-4-6-20/h2-10,18H,11-16H2,1H3,(H,23,24,25). The molecule has 0 spiro atoms. The van der Waals surface area contributed by atoms with Crippen LogP contribution in [0.3, 0.4) is 0 Å². The van der Waals surface area contributed by atoms with Crippen molar-refractivity contribution in [2.75, 3.05) is 25.0 Å². The zero-order chi connectivity index (χ0) is 18.5. The van der Waals surface area contributed by atoms with E-state index in [1.54, 1.807) is 0 Å². The third-order valence-corrected chi connectivity index (χ3v) is 5.23. The first-order valence-corrected chi connectivity index (χ1v) is 9.67. The Morgan fingerprint density at radius 1 is 1.04 bits per heavy atom. The average molecular weight is 362 g/mol. The van der Waals surface area contributed by atoms with E-state index in [1.807, 2.05) is 30.3 Å². The zero-order valence-electron chi connectivity index (χ0n) is 15.8. The molecular formula is C22H26N4O. The van der Waals surface area contributed by atoms with Crippen molar-refractivity contribution in [1.82, 2.24) is 15.0 Å². The number of likely N-dealkylation sites (tertiary alicyclic amines) is 1. The molecule has 27 heavy (non-hydrogen) atoms. The molecule has 0 radical (unpaired) electrons. The molecule has 1 N–H and O–H groups in total. The van der Waals surface area contributed by atoms with E-state index in [1.165, 1.54) is 24.0 Å². The van der Waals surface area contributed by atoms with Gasteiger partial charge in [0.25, 0.3) is 0 Å². The van der Waals surface area contributed by atoms with Crippen molar-refractivity contribution in [2.45, 2.75) is 26.3 Å². The van der Waals surface area contributed by atoms with Crippen LogP contribution >= 0.6 is 0 Å². The van der Waals surface area contributed by atoms with Gasteiger partial charge in [-0.3, -0.25) is 4.90 Å². The van der Waals surface area contributed by atoms with Crippen LogP contribution in [0.1, 0.15) is 24.0 Å². The number of hydrogen-bond donors (Lipinski definition) is 1. The summed E-state index contributed by atoms with van der Waals surface area (Å²) in [7, 11) is 0. The number of anilines is 1. The first-order chi connectivity index (χ1) is 13.3. The van der Waals surface area contributed by atoms with Crippen molar-refractivity contribution in [3.8, 4) is 11.4 Å². The summed E-state index contributed by atoms with van der Waals surface area (Å²) in [5, 5.41) is 7.37. The lowest BCUT2D eigenvalue weighted by Gasteiger charge is -2.31. The summed E-state index contributed by atoms with van der Waals surface area (Å²) in [6, 6.07) is 19.3. The molecule has 0 bridgehead atoms. The van der Waals surface area contributed by atoms with Crippen LogP contribution in [-0.4, -0.2) is 34.7 Å². The predicted octanol–water partition coefficient (Wildman–Crippen LogP) is 4.37. The molecule has 4 rings (SSSR count). The molecule has 2 aromatic carbocycles. The minimum absolute atomic E-state index is 0.510. The summed E-state index contributed by atoms with van der Waals surface area (Å²) >= 11 is 0. The van der Waals surface area contributed by atoms with E-state index >= 15 is 0 Å². The van der Waals surface area contributed by atoms with Gasteiger partial charge in [0.05, 0.1) is 0 Å². The van der Waals surface area contributed by atoms with E-state index in [2.05, 4.69) is 51.5 Å². The Morgan fingerprint density at radius 2 is 1.78 bits per heavy atom. The molecule has 5 nitrogen and oxygen atoms in total. The molecule has 2 heterocycles. The maximum atomic E-state index is 5.34. The molecule has 0 aliphatic carbocycles. The SMILES string of the molecule is Cc1ccc(CN2CCC(CNc3nc(-c4ccccc4)no3)CC2)cc1. The van der Waals surface area contributed by atoms with E-state index in [4.69, 9.17) is 4.52 Å². The van der Waals surface area contributed by atoms with Crippen molar-refractivity contribution in [1.29, 1.82) is 0 Å². The number of nitrogens with zero attached hydrogens (tertiary/aromatic N) is 3. The molecule has 0 amide bonds. The summed E-state index contributed by atoms with van der Waals surface area (Å²) in [4.78, 5) is 6.99. The number of rotatable bonds is 6. The van der Waals surface area contributed by atoms with Gasteiger partial charge in [-0.05, 0) is 44.3 Å². The van der Waals surface area contributed by atoms with Gasteiger partial charge in [0, 0.05) is 18.7 Å². The highest BCUT2D eigenvalue weighted by atomic mass is 16.5. The smallest absolute Gasteiger partial charge is 0.321 e. The Labute approximate surface area is 160 Å². The molecule has 5 heteroatoms. The Hall–Kier alpha value is -2.66. The highest BCUT2D eigenvalue weighted by Gasteiger charge is 2.20. The lowest BCUT2D eigenvalue weighted by molar-refractivity contribution is 0.182. The minimum atomic E-state index is 0.510. The fraction of sp³-hybridized carbons (Fsp3) is 0.364. The molecule has 140 valence electrons. The van der Waals surface area contributed by atoms with Crippen LogP contribution in [0.25, 0.3) is 11.4 Å². The Bertz CT molecular complexity index is 836. The summed E-state index contributed by atoms with van der Waals surface area (Å²) < 4.78 is 5.34. The third-order valence-electron chi connectivity index (χ3n) is 5.23. The molecule has 1 saturated heterocycles. The van der Waals surface area contributed by atoms with E-state index < -0.39 is 0 Å². The molecule has 3 aromatic rings. The first-order valence-electron chi connectivity index (χ1n) is 9.67. The number of aryl methyl sites for hydroxylation is 1. The van der Waals surface area contributed by atoms with Crippen molar-refractivity contribution in [3.05, 3.63) is 65.7 Å². The fourth-order valence-electron chi connectivity index (χ4n) is 3.53. The number of piperidine rings is 1. The average Bonchev–Trinajstić information content (AvgIpc) is 3.19. The summed E-state index contributed by atoms with van der Waals surface area (Å²) in [5.41, 5.74) is 3.69. The third kappa shape index (κ3) is 4.74. The summed E-state index contributed by atoms with van der Waals surface area (Å²) in [5.74, 6) is 1.28. The van der Waals surface area contributed by atoms with Crippen LogP contribution in [0, 0.1) is 12.8 Å². The molecule has 0 saturated carbocycles. The quantitative estimate of drug-likeness (QED) is 0.706. The van der Waals surface area contributed by atoms with Gasteiger partial charge < -0.3 is 9.84 Å². The maximum absolute atomic E-state index is 5.34. The fourth-order valence-corrected chi connectivity index (χ4v) is 3.53. The van der Waals surface area contributed by atoms with Crippen molar-refractivity contribution < 1.29 is 4.52 Å². The number of aromatic nitrogens is 2. The number of nitrogens with one attached hydrogen (secondary N) is 1. The number of hydrogen-bond acceptors (Lipinski definition) is 5. The Kier molecular flexibility index (Phi) is 5.49. The maximum Gasteiger partial charge on any atom is 0.321 e. The van der Waals surface area contributed by atoms with Gasteiger partial charge in [-0.2, -0.15) is 4.98 Å². The van der Waals surface area contributed by atoms with Gasteiger partial charge in [0.2, 0.25) is 5.82 Å². The molecule has 1 aliphatic heterocycles. The lowest BCUT2D eigenvalue weighted by Crippen LogP contribution is -2.35. The molecule has 0 unspecified atom stereocenters. The van der Waals surface area contributed by atoms with Crippen LogP contribution < -0.4 is 5.32 Å². The van der Waals surface area contributed by atoms with Gasteiger partial charge in [0.1, 0.15) is 0 Å². The van der Waals surface area contributed by atoms with Gasteiger partial charge >= 0.3 is 6.01 Å². The molecule has 1 fully saturated rings. The molecule has 0 atom stereocenters. The van der Waals surface area contributed by atoms with Gasteiger partial charge in [-0.25, -0.2) is 0 Å². The van der Waals surface area contributed by atoms with Crippen LogP contribution in [0.5, 0.6) is 0 Å². The Morgan fingerprint density at radius 3 is 2.52 bits per heavy atom. The zero-order valence-corrected chi connectivity index (χ0v) is 15.8. The Balaban J connectivity index is 1.23. The van der Waals surface area contributed by atoms with E-state index in [0.29, 0.717) is 17.8 Å². The highest BCUT2D eigenvalue weighted by Crippen LogP contribution is 2.21. The second-order valence-corrected chi connectivity index (χ2v) is 7.38. The second kappa shape index (κ2) is 8.35. The van der Waals surface area contributed by atoms with Crippen molar-refractivity contribution >= 4 is 6.01 Å². The normalized spacial score (nSPS) is 15.7. The van der Waals surface area contributed by atoms with E-state index in [9.17, 15) is 0 Å². The largest absolute Gasteiger partial charge is 0.337 e. The van der Waals surface area contributed by atoms with Crippen LogP contribution in [0.4, 0.5) is 6.01 Å². The molecular weight excluding hydrogens is 336 g/mol. The predicted molar refractivity (Wildman–Crippen MR) is 107 cm³/mol. The molecule has 1 aromatic heterocycles. The second-order valence-electron chi connectivity index (χ2n) is 7.38. The minimum Gasteiger partial charge on any atom is -0.337 e. The van der Waals surface area contributed by atoms with Gasteiger partial charge in [-0.15, -0.1) is 0 Å². The first kappa shape index (κ1) is 17.7. The lowest BCUT2D eigenvalue weighted by atomic mass is 9.96. The summed E-state index contributed by atoms with van der Waals surface area (Å²) in [6.45, 7) is 6.34. The van der Waals surface area contributed by atoms with Gasteiger partial charge in [0.15, 0.2) is 0 Å². The topological polar surface area (TPSA) is 54.2 Å². The molecule has 1 aliphatic rings. The van der Waals surface area contributed by atoms with E-state index in [0.717, 1.165) is 31.7 Å². The highest BCUT2D eigenvalue weighted by molar-refractivity contribution is 5.54. The van der Waals surface area contributed by atoms with Crippen LogP contribution in [-0.2, 0) is 6.54 Å². The van der Waals surface area contributed by atoms with Crippen LogP contribution in [0.2, 0.25) is 0 Å². The monoisotopic (exact) mass is 362 g/mol.